The normalized spacial score (nSPS) is 14.0. The minimum absolute atomic E-state index is 0.00265. The standard InChI is InChI=1S/C59H95N17O14/c1-33(2)28-43(69-47(79)31-62)55(87)75-45(30-37-19-21-38(77)22-20-37)57(89)73-42(23-24-46(63)78)51(83)68-35(5)50(82)70-39(16-9-11-25-60)52(84)71-41(18-13-27-66-59(64)65)53(85)74-44(29-36-14-7-6-8-15-36)56(88)72-40(17-10-12-26-61)54(86)76-49(34(3)4)58(90)67-32-48(80)81/h6-8,14-15,19-22,33-35,39-45,49,77H,9-13,16-18,23-32,60-62H2,1-5H3,(H2,63,78)(H,67,90)(H,68,83)(H,69,79)(H,70,82)(H,71,84)(H,72,88)(H,73,89)(H,74,85)(H,75,87)(H,76,86)(H,80,81)(H4,64,65,66)/t35-,39-,40-,41-,42-,43-,44-,45-,49-/m0/s1. The first-order valence-corrected chi connectivity index (χ1v) is 30.1. The van der Waals surface area contributed by atoms with Gasteiger partial charge in [-0.05, 0) is 119 Å². The number of amides is 11. The van der Waals surface area contributed by atoms with E-state index < -0.39 is 151 Å². The number of guanidine groups is 1. The summed E-state index contributed by atoms with van der Waals surface area (Å²) in [5.41, 5.74) is 34.7. The molecule has 0 aliphatic rings. The van der Waals surface area contributed by atoms with E-state index in [1.165, 1.54) is 31.2 Å². The highest BCUT2D eigenvalue weighted by atomic mass is 16.4. The number of carbonyl (C=O) groups excluding carboxylic acids is 11. The number of aliphatic carboxylic acids is 1. The van der Waals surface area contributed by atoms with Gasteiger partial charge in [-0.1, -0.05) is 70.2 Å². The van der Waals surface area contributed by atoms with Gasteiger partial charge >= 0.3 is 5.97 Å². The van der Waals surface area contributed by atoms with Gasteiger partial charge in [-0.2, -0.15) is 0 Å². The Hall–Kier alpha value is -8.97. The summed E-state index contributed by atoms with van der Waals surface area (Å²) in [5, 5.41) is 44.9. The van der Waals surface area contributed by atoms with Crippen molar-refractivity contribution in [3.8, 4) is 5.75 Å². The largest absolute Gasteiger partial charge is 0.508 e. The Balaban J connectivity index is 2.53. The Kier molecular flexibility index (Phi) is 35.4. The molecular weight excluding hydrogens is 1170 g/mol. The highest BCUT2D eigenvalue weighted by Gasteiger charge is 2.36. The first-order valence-electron chi connectivity index (χ1n) is 30.1. The minimum Gasteiger partial charge on any atom is -0.508 e. The summed E-state index contributed by atoms with van der Waals surface area (Å²) in [6.07, 6.45) is 0.484. The number of hydrogen-bond acceptors (Lipinski definition) is 17. The molecule has 0 aliphatic heterocycles. The van der Waals surface area contributed by atoms with Crippen LogP contribution in [0.25, 0.3) is 0 Å². The molecule has 0 saturated carbocycles. The summed E-state index contributed by atoms with van der Waals surface area (Å²) < 4.78 is 0. The number of carboxylic acid groups (broad SMARTS) is 1. The van der Waals surface area contributed by atoms with Crippen LogP contribution in [-0.4, -0.2) is 174 Å². The van der Waals surface area contributed by atoms with Crippen molar-refractivity contribution in [3.05, 3.63) is 65.7 Å². The lowest BCUT2D eigenvalue weighted by Gasteiger charge is -2.28. The smallest absolute Gasteiger partial charge is 0.322 e. The maximum Gasteiger partial charge on any atom is 0.322 e. The SMILES string of the molecule is CC(C)C[C@H](NC(=O)CN)C(=O)N[C@@H](Cc1ccc(O)cc1)C(=O)N[C@@H](CCC(N)=O)C(=O)N[C@@H](C)C(=O)N[C@@H](CCCCN)C(=O)N[C@@H](CCCN=C(N)N)C(=O)N[C@@H](Cc1ccccc1)C(=O)N[C@@H](CCCCN)C(=O)N[C@H](C(=O)NCC(=O)O)C(C)C. The van der Waals surface area contributed by atoms with Gasteiger partial charge in [0.15, 0.2) is 5.96 Å². The number of primary amides is 1. The maximum absolute atomic E-state index is 14.6. The summed E-state index contributed by atoms with van der Waals surface area (Å²) >= 11 is 0. The van der Waals surface area contributed by atoms with E-state index >= 15 is 0 Å². The monoisotopic (exact) mass is 1270 g/mol. The van der Waals surface area contributed by atoms with E-state index in [0.717, 1.165) is 0 Å². The van der Waals surface area contributed by atoms with Crippen molar-refractivity contribution in [2.24, 2.45) is 51.2 Å². The van der Waals surface area contributed by atoms with Gasteiger partial charge in [0.25, 0.3) is 0 Å². The molecule has 90 heavy (non-hydrogen) atoms. The van der Waals surface area contributed by atoms with Crippen LogP contribution in [0.1, 0.15) is 116 Å². The van der Waals surface area contributed by atoms with Crippen molar-refractivity contribution >= 4 is 76.9 Å². The summed E-state index contributed by atoms with van der Waals surface area (Å²) in [5.74, 6) is -11.4. The van der Waals surface area contributed by atoms with Crippen LogP contribution in [0.15, 0.2) is 59.6 Å². The van der Waals surface area contributed by atoms with E-state index in [-0.39, 0.29) is 95.0 Å². The highest BCUT2D eigenvalue weighted by Crippen LogP contribution is 2.15. The Morgan fingerprint density at radius 3 is 1.37 bits per heavy atom. The fourth-order valence-electron chi connectivity index (χ4n) is 9.04. The number of hydrogen-bond donors (Lipinski definition) is 18. The highest BCUT2D eigenvalue weighted by molar-refractivity contribution is 5.99. The van der Waals surface area contributed by atoms with Gasteiger partial charge in [-0.15, -0.1) is 0 Å². The van der Waals surface area contributed by atoms with Gasteiger partial charge in [0.1, 0.15) is 66.7 Å². The van der Waals surface area contributed by atoms with Gasteiger partial charge in [0, 0.05) is 25.8 Å². The molecule has 31 heteroatoms. The molecule has 0 fully saturated rings. The maximum atomic E-state index is 14.6. The van der Waals surface area contributed by atoms with Crippen LogP contribution in [0.4, 0.5) is 0 Å². The topological polar surface area (TPSA) is 534 Å². The van der Waals surface area contributed by atoms with Crippen LogP contribution in [0.2, 0.25) is 0 Å². The van der Waals surface area contributed by atoms with Crippen molar-refractivity contribution in [2.45, 2.75) is 172 Å². The van der Waals surface area contributed by atoms with E-state index in [0.29, 0.717) is 30.4 Å². The lowest BCUT2D eigenvalue weighted by atomic mass is 10.0. The Morgan fingerprint density at radius 1 is 0.478 bits per heavy atom. The van der Waals surface area contributed by atoms with Crippen molar-refractivity contribution in [2.75, 3.05) is 32.7 Å². The molecule has 0 spiro atoms. The van der Waals surface area contributed by atoms with Gasteiger partial charge < -0.3 is 97.8 Å². The van der Waals surface area contributed by atoms with Crippen molar-refractivity contribution in [1.29, 1.82) is 0 Å². The molecule has 24 N–H and O–H groups in total. The predicted molar refractivity (Wildman–Crippen MR) is 333 cm³/mol. The lowest BCUT2D eigenvalue weighted by molar-refractivity contribution is -0.139. The van der Waals surface area contributed by atoms with Crippen LogP contribution in [0.3, 0.4) is 0 Å². The van der Waals surface area contributed by atoms with Gasteiger partial charge in [0.2, 0.25) is 65.0 Å². The molecule has 9 atom stereocenters. The van der Waals surface area contributed by atoms with Crippen LogP contribution in [0.5, 0.6) is 5.75 Å². The zero-order valence-electron chi connectivity index (χ0n) is 52.0. The molecule has 0 unspecified atom stereocenters. The molecule has 0 saturated heterocycles. The zero-order valence-corrected chi connectivity index (χ0v) is 52.0. The summed E-state index contributed by atoms with van der Waals surface area (Å²) in [6, 6.07) is 1.97. The summed E-state index contributed by atoms with van der Waals surface area (Å²) in [7, 11) is 0. The fraction of sp³-hybridized carbons (Fsp3) is 0.576. The summed E-state index contributed by atoms with van der Waals surface area (Å²) in [6.45, 7) is 7.48. The average Bonchev–Trinajstić information content (AvgIpc) is 1.62. The molecule has 2 aromatic carbocycles. The number of phenolic OH excluding ortho intramolecular Hbond substituents is 1. The Morgan fingerprint density at radius 2 is 0.911 bits per heavy atom. The third-order valence-corrected chi connectivity index (χ3v) is 13.9. The number of nitrogens with one attached hydrogen (secondary N) is 10. The van der Waals surface area contributed by atoms with Crippen molar-refractivity contribution < 1.29 is 67.7 Å². The number of nitrogens with two attached hydrogens (primary N) is 6. The van der Waals surface area contributed by atoms with E-state index in [1.807, 2.05) is 13.8 Å². The number of carbonyl (C=O) groups is 12. The van der Waals surface area contributed by atoms with E-state index in [4.69, 9.17) is 39.5 Å². The fourth-order valence-corrected chi connectivity index (χ4v) is 9.04. The number of phenols is 1. The molecule has 2 rings (SSSR count). The second kappa shape index (κ2) is 41.3. The predicted octanol–water partition coefficient (Wildman–Crippen LogP) is -4.00. The van der Waals surface area contributed by atoms with Gasteiger partial charge in [-0.3, -0.25) is 62.5 Å². The van der Waals surface area contributed by atoms with E-state index in [9.17, 15) is 62.6 Å². The Labute approximate surface area is 524 Å². The van der Waals surface area contributed by atoms with Gasteiger partial charge in [-0.25, -0.2) is 0 Å². The molecule has 31 nitrogen and oxygen atoms in total. The number of nitrogens with zero attached hydrogens (tertiary/aromatic N) is 1. The molecule has 11 amide bonds. The third-order valence-electron chi connectivity index (χ3n) is 13.9. The molecule has 500 valence electrons. The van der Waals surface area contributed by atoms with E-state index in [1.54, 1.807) is 44.2 Å². The molecule has 0 aliphatic carbocycles. The van der Waals surface area contributed by atoms with Crippen LogP contribution in [-0.2, 0) is 70.4 Å². The lowest BCUT2D eigenvalue weighted by Crippen LogP contribution is -2.60. The van der Waals surface area contributed by atoms with E-state index in [2.05, 4.69) is 58.2 Å². The number of aliphatic imine (C=N–C) groups is 1. The number of unbranched alkanes of at least 4 members (excludes halogenated alkanes) is 2. The average molecular weight is 1270 g/mol. The second-order valence-electron chi connectivity index (χ2n) is 22.5. The number of aromatic hydroxyl groups is 1. The number of benzene rings is 2. The molecule has 0 radical (unpaired) electrons. The first kappa shape index (κ1) is 77.1. The number of rotatable bonds is 43. The molecule has 2 aromatic rings. The van der Waals surface area contributed by atoms with Crippen LogP contribution >= 0.6 is 0 Å². The molecule has 0 bridgehead atoms. The summed E-state index contributed by atoms with van der Waals surface area (Å²) in [4.78, 5) is 166. The molecular formula is C59H95N17O14. The molecule has 0 heterocycles. The molecule has 0 aromatic heterocycles. The Bertz CT molecular complexity index is 2710. The zero-order chi connectivity index (χ0) is 67.5. The second-order valence-corrected chi connectivity index (χ2v) is 22.5. The van der Waals surface area contributed by atoms with Gasteiger partial charge in [0.05, 0.1) is 6.54 Å². The van der Waals surface area contributed by atoms with Crippen molar-refractivity contribution in [1.82, 2.24) is 53.2 Å². The van der Waals surface area contributed by atoms with Crippen molar-refractivity contribution in [3.63, 3.8) is 0 Å². The quantitative estimate of drug-likeness (QED) is 0.0171. The van der Waals surface area contributed by atoms with Crippen LogP contribution in [0, 0.1) is 11.8 Å². The number of carboxylic acids is 1. The third kappa shape index (κ3) is 30.3. The first-order chi connectivity index (χ1) is 42.6. The minimum atomic E-state index is -1.56. The van der Waals surface area contributed by atoms with Crippen LogP contribution < -0.4 is 87.6 Å².